The second kappa shape index (κ2) is 12.2. The molecule has 0 radical (unpaired) electrons. The number of amides is 2. The Hall–Kier alpha value is -4.05. The molecular weight excluding hydrogens is 533 g/mol. The third kappa shape index (κ3) is 7.08. The number of anilines is 2. The predicted molar refractivity (Wildman–Crippen MR) is 143 cm³/mol. The summed E-state index contributed by atoms with van der Waals surface area (Å²) in [7, 11) is 2.99. The monoisotopic (exact) mass is 560 g/mol. The lowest BCUT2D eigenvalue weighted by molar-refractivity contribution is -0.122. The van der Waals surface area contributed by atoms with Crippen LogP contribution in [0, 0.1) is 17.8 Å². The number of hydrogen-bond acceptors (Lipinski definition) is 7. The standard InChI is InChI=1S/C26H27F3N6O3S/c1-30-24(37)17-8-9-18(21(13-17)38-2)31-11-3-5-20-25(39-26(27,28)29)35-12-4-6-19(23(35)34-20)32-14-16-7-10-22(36)33-15-16/h4,6,8-9,12-13,16,31-32H,7,10-11,14-15H2,1-2H3,(H,30,37)(H,33,36)/t16-/m1/s1. The minimum Gasteiger partial charge on any atom is -0.495 e. The number of thioether (sulfide) groups is 1. The quantitative estimate of drug-likeness (QED) is 0.246. The van der Waals surface area contributed by atoms with Gasteiger partial charge in [0.15, 0.2) is 5.65 Å². The van der Waals surface area contributed by atoms with Crippen LogP contribution in [0.15, 0.2) is 41.6 Å². The van der Waals surface area contributed by atoms with Crippen molar-refractivity contribution in [2.75, 3.05) is 44.4 Å². The summed E-state index contributed by atoms with van der Waals surface area (Å²) in [5.41, 5.74) is -2.64. The van der Waals surface area contributed by atoms with Crippen LogP contribution >= 0.6 is 11.8 Å². The Morgan fingerprint density at radius 1 is 1.28 bits per heavy atom. The molecule has 3 aromatic rings. The Kier molecular flexibility index (Phi) is 8.75. The number of rotatable bonds is 8. The molecule has 206 valence electrons. The Morgan fingerprint density at radius 3 is 2.79 bits per heavy atom. The van der Waals surface area contributed by atoms with Gasteiger partial charge in [-0.2, -0.15) is 13.2 Å². The van der Waals surface area contributed by atoms with Gasteiger partial charge in [-0.25, -0.2) is 4.98 Å². The van der Waals surface area contributed by atoms with Crippen LogP contribution in [-0.4, -0.2) is 60.5 Å². The number of carbonyl (C=O) groups excluding carboxylic acids is 2. The summed E-state index contributed by atoms with van der Waals surface area (Å²) >= 11 is -0.270. The molecule has 4 N–H and O–H groups in total. The van der Waals surface area contributed by atoms with Crippen molar-refractivity contribution in [1.29, 1.82) is 0 Å². The molecule has 0 aliphatic carbocycles. The molecule has 2 aromatic heterocycles. The number of fused-ring (bicyclic) bond motifs is 1. The van der Waals surface area contributed by atoms with E-state index in [9.17, 15) is 22.8 Å². The first kappa shape index (κ1) is 28.0. The number of piperidine rings is 1. The van der Waals surface area contributed by atoms with Crippen LogP contribution in [0.2, 0.25) is 0 Å². The average molecular weight is 561 g/mol. The van der Waals surface area contributed by atoms with Gasteiger partial charge in [0, 0.05) is 50.1 Å². The minimum absolute atomic E-state index is 0.000217. The van der Waals surface area contributed by atoms with Crippen LogP contribution in [0.4, 0.5) is 24.5 Å². The Bertz CT molecular complexity index is 1420. The highest BCUT2D eigenvalue weighted by Gasteiger charge is 2.33. The molecule has 1 atom stereocenters. The van der Waals surface area contributed by atoms with E-state index in [0.717, 1.165) is 6.42 Å². The number of benzene rings is 1. The van der Waals surface area contributed by atoms with Crippen molar-refractivity contribution in [2.24, 2.45) is 5.92 Å². The van der Waals surface area contributed by atoms with Crippen LogP contribution in [0.3, 0.4) is 0 Å². The molecule has 4 rings (SSSR count). The van der Waals surface area contributed by atoms with Gasteiger partial charge in [-0.15, -0.1) is 0 Å². The third-order valence-electron chi connectivity index (χ3n) is 6.03. The van der Waals surface area contributed by atoms with E-state index >= 15 is 0 Å². The van der Waals surface area contributed by atoms with Crippen LogP contribution in [0.1, 0.15) is 28.9 Å². The molecule has 1 aromatic carbocycles. The Labute approximate surface area is 227 Å². The highest BCUT2D eigenvalue weighted by Crippen LogP contribution is 2.39. The lowest BCUT2D eigenvalue weighted by Crippen LogP contribution is -2.37. The number of halogens is 3. The Balaban J connectivity index is 1.55. The molecule has 0 spiro atoms. The molecular formula is C26H27F3N6O3S. The lowest BCUT2D eigenvalue weighted by atomic mass is 9.99. The number of carbonyl (C=O) groups is 2. The van der Waals surface area contributed by atoms with Gasteiger partial charge in [0.2, 0.25) is 5.91 Å². The minimum atomic E-state index is -4.53. The Morgan fingerprint density at radius 2 is 2.10 bits per heavy atom. The molecule has 0 saturated carbocycles. The van der Waals surface area contributed by atoms with Crippen molar-refractivity contribution < 1.29 is 27.5 Å². The summed E-state index contributed by atoms with van der Waals surface area (Å²) in [6.07, 6.45) is 2.70. The van der Waals surface area contributed by atoms with Crippen molar-refractivity contribution in [3.8, 4) is 17.6 Å². The smallest absolute Gasteiger partial charge is 0.447 e. The molecule has 0 bridgehead atoms. The van der Waals surface area contributed by atoms with Gasteiger partial charge in [0.1, 0.15) is 16.5 Å². The van der Waals surface area contributed by atoms with E-state index < -0.39 is 5.51 Å². The SMILES string of the molecule is CNC(=O)c1ccc(NCC#Cc2nc3c(NC[C@H]4CCC(=O)NC4)cccn3c2SC(F)(F)F)c(OC)c1. The number of imidazole rings is 1. The molecule has 39 heavy (non-hydrogen) atoms. The van der Waals surface area contributed by atoms with E-state index in [1.165, 1.54) is 24.8 Å². The van der Waals surface area contributed by atoms with Gasteiger partial charge in [-0.05, 0) is 48.6 Å². The highest BCUT2D eigenvalue weighted by molar-refractivity contribution is 8.00. The van der Waals surface area contributed by atoms with E-state index in [1.807, 2.05) is 0 Å². The maximum Gasteiger partial charge on any atom is 0.447 e. The fraction of sp³-hybridized carbons (Fsp3) is 0.346. The lowest BCUT2D eigenvalue weighted by Gasteiger charge is -2.23. The first-order valence-electron chi connectivity index (χ1n) is 12.1. The maximum absolute atomic E-state index is 13.4. The fourth-order valence-electron chi connectivity index (χ4n) is 4.08. The van der Waals surface area contributed by atoms with E-state index in [1.54, 1.807) is 30.3 Å². The molecule has 1 aliphatic rings. The molecule has 1 fully saturated rings. The summed E-state index contributed by atoms with van der Waals surface area (Å²) in [6, 6.07) is 8.25. The van der Waals surface area contributed by atoms with Crippen LogP contribution in [0.25, 0.3) is 5.65 Å². The number of methoxy groups -OCH3 is 1. The molecule has 13 heteroatoms. The van der Waals surface area contributed by atoms with Gasteiger partial charge in [-0.3, -0.25) is 14.0 Å². The van der Waals surface area contributed by atoms with Crippen LogP contribution in [-0.2, 0) is 4.79 Å². The topological polar surface area (TPSA) is 109 Å². The molecule has 9 nitrogen and oxygen atoms in total. The van der Waals surface area contributed by atoms with Crippen molar-refractivity contribution in [1.82, 2.24) is 20.0 Å². The zero-order chi connectivity index (χ0) is 28.0. The molecule has 0 unspecified atom stereocenters. The summed E-state index contributed by atoms with van der Waals surface area (Å²) in [5, 5.41) is 11.5. The van der Waals surface area contributed by atoms with E-state index in [-0.39, 0.29) is 46.8 Å². The number of alkyl halides is 3. The molecule has 1 aliphatic heterocycles. The van der Waals surface area contributed by atoms with Crippen molar-refractivity contribution in [2.45, 2.75) is 23.4 Å². The zero-order valence-electron chi connectivity index (χ0n) is 21.2. The van der Waals surface area contributed by atoms with Crippen molar-refractivity contribution >= 4 is 40.6 Å². The zero-order valence-corrected chi connectivity index (χ0v) is 22.1. The number of nitrogens with one attached hydrogen (secondary N) is 4. The predicted octanol–water partition coefficient (Wildman–Crippen LogP) is 3.72. The highest BCUT2D eigenvalue weighted by atomic mass is 32.2. The van der Waals surface area contributed by atoms with Gasteiger partial charge >= 0.3 is 5.51 Å². The first-order valence-corrected chi connectivity index (χ1v) is 12.9. The summed E-state index contributed by atoms with van der Waals surface area (Å²) < 4.78 is 47.0. The average Bonchev–Trinajstić information content (AvgIpc) is 3.26. The fourth-order valence-corrected chi connectivity index (χ4v) is 4.73. The maximum atomic E-state index is 13.4. The third-order valence-corrected chi connectivity index (χ3v) is 6.85. The second-order valence-corrected chi connectivity index (χ2v) is 9.72. The van der Waals surface area contributed by atoms with Crippen LogP contribution in [0.5, 0.6) is 5.75 Å². The first-order chi connectivity index (χ1) is 18.7. The van der Waals surface area contributed by atoms with Crippen molar-refractivity contribution in [3.63, 3.8) is 0 Å². The van der Waals surface area contributed by atoms with E-state index in [2.05, 4.69) is 38.1 Å². The summed E-state index contributed by atoms with van der Waals surface area (Å²) in [6.45, 7) is 1.18. The molecule has 1 saturated heterocycles. The molecule has 3 heterocycles. The van der Waals surface area contributed by atoms with Gasteiger partial charge in [0.05, 0.1) is 25.0 Å². The van der Waals surface area contributed by atoms with Gasteiger partial charge in [0.25, 0.3) is 5.91 Å². The van der Waals surface area contributed by atoms with E-state index in [4.69, 9.17) is 4.74 Å². The summed E-state index contributed by atoms with van der Waals surface area (Å²) in [5.74, 6) is 5.98. The normalized spacial score (nSPS) is 15.2. The second-order valence-electron chi connectivity index (χ2n) is 8.67. The number of hydrogen-bond donors (Lipinski definition) is 4. The van der Waals surface area contributed by atoms with Crippen molar-refractivity contribution in [3.05, 3.63) is 47.8 Å². The van der Waals surface area contributed by atoms with E-state index in [0.29, 0.717) is 47.8 Å². The largest absolute Gasteiger partial charge is 0.495 e. The number of nitrogens with zero attached hydrogens (tertiary/aromatic N) is 2. The van der Waals surface area contributed by atoms with Gasteiger partial charge in [-0.1, -0.05) is 5.92 Å². The molecule has 2 amide bonds. The van der Waals surface area contributed by atoms with Gasteiger partial charge < -0.3 is 26.0 Å². The van der Waals surface area contributed by atoms with Crippen LogP contribution < -0.4 is 26.0 Å². The summed E-state index contributed by atoms with van der Waals surface area (Å²) in [4.78, 5) is 27.7. The number of pyridine rings is 1. The number of ether oxygens (including phenoxy) is 1. The number of aromatic nitrogens is 2.